The summed E-state index contributed by atoms with van der Waals surface area (Å²) in [4.78, 5) is 21.8. The molecular formula is C27H40N4O2. The van der Waals surface area contributed by atoms with Gasteiger partial charge in [0.1, 0.15) is 5.60 Å². The lowest BCUT2D eigenvalue weighted by Crippen LogP contribution is -2.69. The van der Waals surface area contributed by atoms with Gasteiger partial charge in [0.05, 0.1) is 17.9 Å². The second-order valence-electron chi connectivity index (χ2n) is 9.75. The third-order valence-electron chi connectivity index (χ3n) is 6.27. The maximum atomic E-state index is 12.4. The van der Waals surface area contributed by atoms with Crippen molar-refractivity contribution in [1.82, 2.24) is 15.2 Å². The first kappa shape index (κ1) is 25.0. The molecule has 1 N–H and O–H groups in total. The topological polar surface area (TPSA) is 57.7 Å². The van der Waals surface area contributed by atoms with E-state index in [1.54, 1.807) is 0 Å². The van der Waals surface area contributed by atoms with Crippen molar-refractivity contribution < 1.29 is 9.53 Å². The normalized spacial score (nSPS) is 20.7. The molecule has 0 saturated carbocycles. The SMILES string of the molecule is CC.Cc1ccncc1N1CC2CC(C1)N2CCC(NC(=O)OC(C)(C)C)c1ccccc1. The van der Waals surface area contributed by atoms with E-state index in [0.29, 0.717) is 12.1 Å². The molecule has 180 valence electrons. The molecule has 2 bridgehead atoms. The Morgan fingerprint density at radius 1 is 1.15 bits per heavy atom. The number of carbonyl (C=O) groups is 1. The van der Waals surface area contributed by atoms with Crippen LogP contribution in [0.1, 0.15) is 64.6 Å². The van der Waals surface area contributed by atoms with E-state index in [1.807, 2.05) is 65.2 Å². The highest BCUT2D eigenvalue weighted by atomic mass is 16.6. The number of fused-ring (bicyclic) bond motifs is 2. The number of alkyl carbamates (subject to hydrolysis) is 1. The predicted molar refractivity (Wildman–Crippen MR) is 135 cm³/mol. The highest BCUT2D eigenvalue weighted by molar-refractivity contribution is 5.68. The minimum absolute atomic E-state index is 0.0611. The van der Waals surface area contributed by atoms with Gasteiger partial charge in [-0.1, -0.05) is 44.2 Å². The average Bonchev–Trinajstić information content (AvgIpc) is 2.79. The van der Waals surface area contributed by atoms with Gasteiger partial charge < -0.3 is 15.0 Å². The lowest BCUT2D eigenvalue weighted by atomic mass is 9.86. The van der Waals surface area contributed by atoms with Gasteiger partial charge in [-0.25, -0.2) is 4.79 Å². The van der Waals surface area contributed by atoms with Crippen LogP contribution in [-0.4, -0.2) is 53.3 Å². The van der Waals surface area contributed by atoms with Gasteiger partial charge in [-0.05, 0) is 57.7 Å². The number of hydrogen-bond acceptors (Lipinski definition) is 5. The number of ether oxygens (including phenoxy) is 1. The van der Waals surface area contributed by atoms with Gasteiger partial charge in [0.25, 0.3) is 0 Å². The average molecular weight is 453 g/mol. The predicted octanol–water partition coefficient (Wildman–Crippen LogP) is 5.34. The van der Waals surface area contributed by atoms with Crippen LogP contribution in [0.15, 0.2) is 48.8 Å². The minimum Gasteiger partial charge on any atom is -0.444 e. The molecule has 3 unspecified atom stereocenters. The number of aromatic nitrogens is 1. The number of carbonyl (C=O) groups excluding carboxylic acids is 1. The number of rotatable bonds is 6. The Morgan fingerprint density at radius 2 is 1.82 bits per heavy atom. The van der Waals surface area contributed by atoms with E-state index in [-0.39, 0.29) is 12.1 Å². The molecule has 3 atom stereocenters. The van der Waals surface area contributed by atoms with Crippen molar-refractivity contribution in [3.8, 4) is 0 Å². The third-order valence-corrected chi connectivity index (χ3v) is 6.27. The van der Waals surface area contributed by atoms with Crippen LogP contribution < -0.4 is 10.2 Å². The number of pyridine rings is 1. The van der Waals surface area contributed by atoms with Crippen LogP contribution in [0.25, 0.3) is 0 Å². The minimum atomic E-state index is -0.506. The van der Waals surface area contributed by atoms with E-state index in [1.165, 1.54) is 17.7 Å². The fraction of sp³-hybridized carbons (Fsp3) is 0.556. The van der Waals surface area contributed by atoms with Gasteiger partial charge >= 0.3 is 6.09 Å². The fourth-order valence-electron chi connectivity index (χ4n) is 4.77. The lowest BCUT2D eigenvalue weighted by molar-refractivity contribution is -0.00417. The summed E-state index contributed by atoms with van der Waals surface area (Å²) in [5, 5.41) is 3.09. The van der Waals surface area contributed by atoms with Crippen molar-refractivity contribution in [2.45, 2.75) is 78.1 Å². The van der Waals surface area contributed by atoms with Crippen LogP contribution in [0.4, 0.5) is 10.5 Å². The van der Waals surface area contributed by atoms with Gasteiger partial charge in [-0.3, -0.25) is 9.88 Å². The Morgan fingerprint density at radius 3 is 2.42 bits per heavy atom. The molecule has 1 aromatic heterocycles. The van der Waals surface area contributed by atoms with Crippen LogP contribution in [0.5, 0.6) is 0 Å². The Kier molecular flexibility index (Phi) is 8.35. The quantitative estimate of drug-likeness (QED) is 0.641. The first-order valence-corrected chi connectivity index (χ1v) is 12.3. The summed E-state index contributed by atoms with van der Waals surface area (Å²) in [5.74, 6) is 0. The largest absolute Gasteiger partial charge is 0.444 e. The molecule has 4 heterocycles. The smallest absolute Gasteiger partial charge is 0.408 e. The number of benzene rings is 1. The number of aryl methyl sites for hydroxylation is 1. The molecule has 0 spiro atoms. The van der Waals surface area contributed by atoms with Crippen LogP contribution in [-0.2, 0) is 4.74 Å². The molecule has 6 nitrogen and oxygen atoms in total. The number of nitrogens with one attached hydrogen (secondary N) is 1. The fourth-order valence-corrected chi connectivity index (χ4v) is 4.77. The number of piperazine rings is 1. The number of piperidine rings is 1. The maximum Gasteiger partial charge on any atom is 0.408 e. The number of hydrogen-bond donors (Lipinski definition) is 1. The molecule has 33 heavy (non-hydrogen) atoms. The van der Waals surface area contributed by atoms with Gasteiger partial charge in [0, 0.05) is 37.9 Å². The van der Waals surface area contributed by atoms with Crippen molar-refractivity contribution in [3.63, 3.8) is 0 Å². The Labute approximate surface area is 199 Å². The van der Waals surface area contributed by atoms with Crippen LogP contribution >= 0.6 is 0 Å². The van der Waals surface area contributed by atoms with Crippen molar-refractivity contribution in [3.05, 3.63) is 59.9 Å². The number of nitrogens with zero attached hydrogens (tertiary/aromatic N) is 3. The van der Waals surface area contributed by atoms with E-state index in [0.717, 1.165) is 31.6 Å². The summed E-state index contributed by atoms with van der Waals surface area (Å²) in [6, 6.07) is 13.3. The lowest BCUT2D eigenvalue weighted by Gasteiger charge is -2.57. The summed E-state index contributed by atoms with van der Waals surface area (Å²) in [6.45, 7) is 14.9. The monoisotopic (exact) mass is 452 g/mol. The van der Waals surface area contributed by atoms with Crippen molar-refractivity contribution >= 4 is 11.8 Å². The van der Waals surface area contributed by atoms with Crippen molar-refractivity contribution in [2.75, 3.05) is 24.5 Å². The van der Waals surface area contributed by atoms with Gasteiger partial charge in [-0.2, -0.15) is 0 Å². The van der Waals surface area contributed by atoms with E-state index in [9.17, 15) is 4.79 Å². The third kappa shape index (κ3) is 6.47. The van der Waals surface area contributed by atoms with E-state index < -0.39 is 5.60 Å². The summed E-state index contributed by atoms with van der Waals surface area (Å²) in [7, 11) is 0. The zero-order chi connectivity index (χ0) is 24.0. The summed E-state index contributed by atoms with van der Waals surface area (Å²) < 4.78 is 5.51. The first-order chi connectivity index (χ1) is 15.8. The van der Waals surface area contributed by atoms with Gasteiger partial charge in [0.15, 0.2) is 0 Å². The van der Waals surface area contributed by atoms with Crippen molar-refractivity contribution in [2.24, 2.45) is 0 Å². The van der Waals surface area contributed by atoms with Crippen molar-refractivity contribution in [1.29, 1.82) is 0 Å². The standard InChI is InChI=1S/C25H34N4O2.C2H6/c1-18-10-12-26-15-23(18)28-16-20-14-21(17-28)29(20)13-11-22(19-8-6-5-7-9-19)27-24(30)31-25(2,3)4;1-2/h5-10,12,15,20-22H,11,13-14,16-17H2,1-4H3,(H,27,30);1-2H3. The summed E-state index contributed by atoms with van der Waals surface area (Å²) >= 11 is 0. The number of anilines is 1. The second-order valence-corrected chi connectivity index (χ2v) is 9.75. The highest BCUT2D eigenvalue weighted by Crippen LogP contribution is 2.36. The van der Waals surface area contributed by atoms with E-state index >= 15 is 0 Å². The summed E-state index contributed by atoms with van der Waals surface area (Å²) in [5.41, 5.74) is 3.15. The van der Waals surface area contributed by atoms with Gasteiger partial charge in [0.2, 0.25) is 0 Å². The second kappa shape index (κ2) is 11.0. The molecule has 0 radical (unpaired) electrons. The molecule has 0 aliphatic carbocycles. The molecule has 1 aromatic carbocycles. The van der Waals surface area contributed by atoms with E-state index in [4.69, 9.17) is 4.74 Å². The Balaban J connectivity index is 0.00000149. The molecule has 2 aromatic rings. The molecule has 1 amide bonds. The first-order valence-electron chi connectivity index (χ1n) is 12.3. The number of amides is 1. The van der Waals surface area contributed by atoms with Crippen LogP contribution in [0.2, 0.25) is 0 Å². The molecule has 3 aliphatic rings. The Bertz CT molecular complexity index is 884. The summed E-state index contributed by atoms with van der Waals surface area (Å²) in [6.07, 6.45) is 5.61. The van der Waals surface area contributed by atoms with E-state index in [2.05, 4.69) is 45.2 Å². The highest BCUT2D eigenvalue weighted by Gasteiger charge is 2.44. The zero-order valence-corrected chi connectivity index (χ0v) is 21.0. The molecule has 5 rings (SSSR count). The zero-order valence-electron chi connectivity index (χ0n) is 21.0. The molecule has 3 aliphatic heterocycles. The molecule has 6 heteroatoms. The van der Waals surface area contributed by atoms with Gasteiger partial charge in [-0.15, -0.1) is 0 Å². The Hall–Kier alpha value is -2.60. The van der Waals surface area contributed by atoms with Crippen LogP contribution in [0, 0.1) is 6.92 Å². The molecule has 3 fully saturated rings. The molecular weight excluding hydrogens is 412 g/mol. The molecule has 3 saturated heterocycles. The van der Waals surface area contributed by atoms with Crippen LogP contribution in [0.3, 0.4) is 0 Å². The maximum absolute atomic E-state index is 12.4.